The van der Waals surface area contributed by atoms with E-state index in [1.54, 1.807) is 7.11 Å². The standard InChI is InChI=1S/C15H33NO4/c1-4-6-8-19-9-10-20-13-15(17)11-16-14(7-5-2)12-18-3/h14-17H,4-13H2,1-3H3. The van der Waals surface area contributed by atoms with Crippen molar-refractivity contribution in [3.8, 4) is 0 Å². The summed E-state index contributed by atoms with van der Waals surface area (Å²) in [4.78, 5) is 0. The Hall–Kier alpha value is -0.200. The zero-order chi connectivity index (χ0) is 15.1. The number of nitrogens with one attached hydrogen (secondary N) is 1. The second-order valence-corrected chi connectivity index (χ2v) is 5.04. The van der Waals surface area contributed by atoms with Crippen molar-refractivity contribution in [1.29, 1.82) is 0 Å². The fraction of sp³-hybridized carbons (Fsp3) is 1.00. The SMILES string of the molecule is CCCCOCCOCC(O)CNC(CCC)COC. The maximum atomic E-state index is 9.81. The van der Waals surface area contributed by atoms with Crippen molar-refractivity contribution in [2.24, 2.45) is 0 Å². The summed E-state index contributed by atoms with van der Waals surface area (Å²) in [7, 11) is 1.70. The highest BCUT2D eigenvalue weighted by molar-refractivity contribution is 4.68. The molecule has 20 heavy (non-hydrogen) atoms. The van der Waals surface area contributed by atoms with Gasteiger partial charge >= 0.3 is 0 Å². The summed E-state index contributed by atoms with van der Waals surface area (Å²) in [6.07, 6.45) is 3.90. The molecule has 0 amide bonds. The molecule has 0 aliphatic carbocycles. The maximum absolute atomic E-state index is 9.81. The Bertz CT molecular complexity index is 187. The quantitative estimate of drug-likeness (QED) is 0.449. The van der Waals surface area contributed by atoms with Crippen molar-refractivity contribution >= 4 is 0 Å². The first kappa shape index (κ1) is 19.8. The van der Waals surface area contributed by atoms with E-state index in [9.17, 15) is 5.11 Å². The summed E-state index contributed by atoms with van der Waals surface area (Å²) in [5.41, 5.74) is 0. The van der Waals surface area contributed by atoms with E-state index in [4.69, 9.17) is 14.2 Å². The molecule has 0 aromatic heterocycles. The van der Waals surface area contributed by atoms with Crippen LogP contribution in [-0.2, 0) is 14.2 Å². The molecule has 122 valence electrons. The molecule has 0 aromatic rings. The number of methoxy groups -OCH3 is 1. The minimum absolute atomic E-state index is 0.303. The zero-order valence-electron chi connectivity index (χ0n) is 13.4. The Morgan fingerprint density at radius 1 is 1.00 bits per heavy atom. The van der Waals surface area contributed by atoms with Gasteiger partial charge in [0.25, 0.3) is 0 Å². The molecule has 5 heteroatoms. The van der Waals surface area contributed by atoms with Crippen LogP contribution in [0.15, 0.2) is 0 Å². The van der Waals surface area contributed by atoms with E-state index in [-0.39, 0.29) is 0 Å². The van der Waals surface area contributed by atoms with Crippen LogP contribution in [0.3, 0.4) is 0 Å². The molecule has 0 radical (unpaired) electrons. The van der Waals surface area contributed by atoms with Gasteiger partial charge in [0.2, 0.25) is 0 Å². The van der Waals surface area contributed by atoms with E-state index in [0.717, 1.165) is 32.3 Å². The van der Waals surface area contributed by atoms with E-state index in [1.165, 1.54) is 0 Å². The van der Waals surface area contributed by atoms with Crippen LogP contribution >= 0.6 is 0 Å². The van der Waals surface area contributed by atoms with E-state index < -0.39 is 6.10 Å². The third-order valence-corrected chi connectivity index (χ3v) is 2.97. The molecule has 0 aliphatic heterocycles. The molecular formula is C15H33NO4. The highest BCUT2D eigenvalue weighted by atomic mass is 16.5. The van der Waals surface area contributed by atoms with Crippen LogP contribution in [0.4, 0.5) is 0 Å². The molecule has 2 N–H and O–H groups in total. The highest BCUT2D eigenvalue weighted by Crippen LogP contribution is 1.97. The lowest BCUT2D eigenvalue weighted by molar-refractivity contribution is 0.00228. The van der Waals surface area contributed by atoms with Gasteiger partial charge in [0.1, 0.15) is 0 Å². The molecule has 0 saturated heterocycles. The summed E-state index contributed by atoms with van der Waals surface area (Å²) in [6, 6.07) is 0.303. The van der Waals surface area contributed by atoms with Gasteiger partial charge in [-0.25, -0.2) is 0 Å². The lowest BCUT2D eigenvalue weighted by atomic mass is 10.2. The van der Waals surface area contributed by atoms with Gasteiger partial charge in [0.05, 0.1) is 32.5 Å². The fourth-order valence-corrected chi connectivity index (χ4v) is 1.84. The molecule has 0 aliphatic rings. The number of aliphatic hydroxyl groups excluding tert-OH is 1. The van der Waals surface area contributed by atoms with Crippen LogP contribution in [-0.4, -0.2) is 63.9 Å². The summed E-state index contributed by atoms with van der Waals surface area (Å²) in [6.45, 7) is 7.76. The number of aliphatic hydroxyl groups is 1. The molecule has 5 nitrogen and oxygen atoms in total. The highest BCUT2D eigenvalue weighted by Gasteiger charge is 2.10. The second-order valence-electron chi connectivity index (χ2n) is 5.04. The van der Waals surface area contributed by atoms with Crippen molar-refractivity contribution < 1.29 is 19.3 Å². The Kier molecular flexibility index (Phi) is 15.0. The van der Waals surface area contributed by atoms with Gasteiger partial charge < -0.3 is 24.6 Å². The lowest BCUT2D eigenvalue weighted by Crippen LogP contribution is -2.40. The third-order valence-electron chi connectivity index (χ3n) is 2.97. The molecule has 0 saturated carbocycles. The average molecular weight is 291 g/mol. The molecule has 2 atom stereocenters. The number of hydrogen-bond acceptors (Lipinski definition) is 5. The smallest absolute Gasteiger partial charge is 0.0897 e. The topological polar surface area (TPSA) is 60.0 Å². The predicted octanol–water partition coefficient (Wildman–Crippen LogP) is 1.59. The van der Waals surface area contributed by atoms with E-state index in [0.29, 0.717) is 39.0 Å². The van der Waals surface area contributed by atoms with Crippen molar-refractivity contribution in [2.75, 3.05) is 46.7 Å². The minimum Gasteiger partial charge on any atom is -0.389 e. The number of ether oxygens (including phenoxy) is 3. The van der Waals surface area contributed by atoms with E-state index in [1.807, 2.05) is 0 Å². The van der Waals surface area contributed by atoms with Gasteiger partial charge in [-0.05, 0) is 12.8 Å². The average Bonchev–Trinajstić information content (AvgIpc) is 2.44. The summed E-state index contributed by atoms with van der Waals surface area (Å²) < 4.78 is 15.9. The summed E-state index contributed by atoms with van der Waals surface area (Å²) in [5.74, 6) is 0. The van der Waals surface area contributed by atoms with Crippen LogP contribution in [0.1, 0.15) is 39.5 Å². The van der Waals surface area contributed by atoms with E-state index >= 15 is 0 Å². The summed E-state index contributed by atoms with van der Waals surface area (Å²) >= 11 is 0. The second kappa shape index (κ2) is 15.2. The Morgan fingerprint density at radius 2 is 1.75 bits per heavy atom. The zero-order valence-corrected chi connectivity index (χ0v) is 13.4. The van der Waals surface area contributed by atoms with Crippen LogP contribution in [0.5, 0.6) is 0 Å². The van der Waals surface area contributed by atoms with Gasteiger partial charge in [-0.1, -0.05) is 26.7 Å². The molecule has 0 bridgehead atoms. The number of rotatable bonds is 15. The monoisotopic (exact) mass is 291 g/mol. The molecule has 0 heterocycles. The molecule has 0 fully saturated rings. The van der Waals surface area contributed by atoms with Gasteiger partial charge in [-0.15, -0.1) is 0 Å². The normalized spacial score (nSPS) is 14.4. The van der Waals surface area contributed by atoms with Crippen LogP contribution in [0.25, 0.3) is 0 Å². The van der Waals surface area contributed by atoms with Gasteiger partial charge in [0.15, 0.2) is 0 Å². The fourth-order valence-electron chi connectivity index (χ4n) is 1.84. The Labute approximate surface area is 124 Å². The molecule has 0 spiro atoms. The predicted molar refractivity (Wildman–Crippen MR) is 81.1 cm³/mol. The Balaban J connectivity index is 3.44. The number of hydrogen-bond donors (Lipinski definition) is 2. The summed E-state index contributed by atoms with van der Waals surface area (Å²) in [5, 5.41) is 13.1. The van der Waals surface area contributed by atoms with Crippen molar-refractivity contribution in [1.82, 2.24) is 5.32 Å². The van der Waals surface area contributed by atoms with Gasteiger partial charge in [0, 0.05) is 26.3 Å². The van der Waals surface area contributed by atoms with Crippen molar-refractivity contribution in [3.05, 3.63) is 0 Å². The van der Waals surface area contributed by atoms with Crippen molar-refractivity contribution in [3.63, 3.8) is 0 Å². The molecule has 0 aromatic carbocycles. The van der Waals surface area contributed by atoms with Crippen LogP contribution in [0, 0.1) is 0 Å². The maximum Gasteiger partial charge on any atom is 0.0897 e. The van der Waals surface area contributed by atoms with Gasteiger partial charge in [-0.2, -0.15) is 0 Å². The van der Waals surface area contributed by atoms with Crippen LogP contribution in [0.2, 0.25) is 0 Å². The largest absolute Gasteiger partial charge is 0.389 e. The van der Waals surface area contributed by atoms with Gasteiger partial charge in [-0.3, -0.25) is 0 Å². The third kappa shape index (κ3) is 12.8. The molecule has 0 rings (SSSR count). The first-order valence-electron chi connectivity index (χ1n) is 7.80. The molecule has 2 unspecified atom stereocenters. The van der Waals surface area contributed by atoms with E-state index in [2.05, 4.69) is 19.2 Å². The Morgan fingerprint density at radius 3 is 2.40 bits per heavy atom. The number of unbranched alkanes of at least 4 members (excludes halogenated alkanes) is 1. The molecular weight excluding hydrogens is 258 g/mol. The van der Waals surface area contributed by atoms with Crippen molar-refractivity contribution in [2.45, 2.75) is 51.7 Å². The van der Waals surface area contributed by atoms with Crippen LogP contribution < -0.4 is 5.32 Å². The minimum atomic E-state index is -0.484. The first-order chi connectivity index (χ1) is 9.74. The lowest BCUT2D eigenvalue weighted by Gasteiger charge is -2.19. The first-order valence-corrected chi connectivity index (χ1v) is 7.80.